The molecule has 1 saturated heterocycles. The van der Waals surface area contributed by atoms with Gasteiger partial charge in [0.2, 0.25) is 5.65 Å². The molecule has 2 atom stereocenters. The fourth-order valence-electron chi connectivity index (χ4n) is 4.44. The molecule has 2 fully saturated rings. The Labute approximate surface area is 164 Å². The largest absolute Gasteiger partial charge is 0.383 e. The second-order valence-corrected chi connectivity index (χ2v) is 8.29. The van der Waals surface area contributed by atoms with Crippen molar-refractivity contribution < 1.29 is 5.11 Å². The molecular weight excluding hydrogens is 352 g/mol. The second-order valence-electron chi connectivity index (χ2n) is 8.29. The van der Waals surface area contributed by atoms with Crippen LogP contribution in [-0.4, -0.2) is 63.0 Å². The zero-order chi connectivity index (χ0) is 19.3. The predicted octanol–water partition coefficient (Wildman–Crippen LogP) is 2.03. The average Bonchev–Trinajstić information content (AvgIpc) is 3.45. The highest BCUT2D eigenvalue weighted by atomic mass is 16.3. The molecule has 146 valence electrons. The summed E-state index contributed by atoms with van der Waals surface area (Å²) in [5, 5.41) is 24.7. The van der Waals surface area contributed by atoms with E-state index in [1.807, 2.05) is 44.4 Å². The number of piperidine rings is 1. The number of hydrogen-bond donors (Lipinski definition) is 1. The van der Waals surface area contributed by atoms with E-state index < -0.39 is 5.60 Å². The molecule has 28 heavy (non-hydrogen) atoms. The van der Waals surface area contributed by atoms with E-state index in [0.717, 1.165) is 35.7 Å². The fourth-order valence-corrected chi connectivity index (χ4v) is 4.44. The second kappa shape index (κ2) is 6.53. The quantitative estimate of drug-likeness (QED) is 0.749. The Balaban J connectivity index is 1.52. The fraction of sp³-hybridized carbons (Fsp3) is 0.476. The van der Waals surface area contributed by atoms with Gasteiger partial charge in [-0.3, -0.25) is 0 Å². The molecule has 2 aliphatic rings. The molecule has 1 N–H and O–H groups in total. The number of nitrogens with zero attached hydrogens (tertiary/aromatic N) is 6. The summed E-state index contributed by atoms with van der Waals surface area (Å²) in [6.07, 6.45) is 4.74. The van der Waals surface area contributed by atoms with Crippen LogP contribution in [0.4, 0.5) is 5.69 Å². The molecule has 1 aliphatic carbocycles. The lowest BCUT2D eigenvalue weighted by Crippen LogP contribution is -2.59. The van der Waals surface area contributed by atoms with Crippen LogP contribution in [0.15, 0.2) is 42.7 Å². The van der Waals surface area contributed by atoms with Crippen LogP contribution in [0, 0.1) is 0 Å². The molecule has 2 aromatic heterocycles. The first-order valence-electron chi connectivity index (χ1n) is 9.96. The number of aliphatic hydroxyl groups is 1. The number of aromatic nitrogens is 4. The van der Waals surface area contributed by atoms with Gasteiger partial charge in [0.25, 0.3) is 0 Å². The van der Waals surface area contributed by atoms with Gasteiger partial charge in [-0.05, 0) is 45.0 Å². The lowest BCUT2D eigenvalue weighted by Gasteiger charge is -2.48. The van der Waals surface area contributed by atoms with Crippen molar-refractivity contribution in [1.29, 1.82) is 0 Å². The van der Waals surface area contributed by atoms with Gasteiger partial charge in [0.1, 0.15) is 11.9 Å². The van der Waals surface area contributed by atoms with Gasteiger partial charge < -0.3 is 14.9 Å². The minimum absolute atomic E-state index is 0.0378. The van der Waals surface area contributed by atoms with Crippen LogP contribution in [0.3, 0.4) is 0 Å². The first-order valence-corrected chi connectivity index (χ1v) is 9.96. The van der Waals surface area contributed by atoms with Crippen molar-refractivity contribution in [3.05, 3.63) is 54.0 Å². The Hall–Kier alpha value is -2.51. The normalized spacial score (nSPS) is 25.6. The lowest BCUT2D eigenvalue weighted by atomic mass is 9.79. The van der Waals surface area contributed by atoms with Gasteiger partial charge in [0.15, 0.2) is 0 Å². The van der Waals surface area contributed by atoms with Gasteiger partial charge in [0, 0.05) is 19.0 Å². The molecule has 1 saturated carbocycles. The zero-order valence-electron chi connectivity index (χ0n) is 16.4. The third-order valence-corrected chi connectivity index (χ3v) is 6.21. The molecule has 3 aromatic rings. The number of rotatable bonds is 4. The predicted molar refractivity (Wildman–Crippen MR) is 107 cm³/mol. The number of benzene rings is 1. The van der Waals surface area contributed by atoms with E-state index in [0.29, 0.717) is 12.3 Å². The van der Waals surface area contributed by atoms with E-state index in [2.05, 4.69) is 31.2 Å². The smallest absolute Gasteiger partial charge is 0.200 e. The number of likely N-dealkylation sites (N-methyl/N-ethyl adjacent to an activating group) is 1. The summed E-state index contributed by atoms with van der Waals surface area (Å²) in [5.41, 5.74) is 3.07. The monoisotopic (exact) mass is 378 g/mol. The van der Waals surface area contributed by atoms with Crippen LogP contribution in [0.5, 0.6) is 0 Å². The first kappa shape index (κ1) is 17.6. The molecule has 0 radical (unpaired) electrons. The van der Waals surface area contributed by atoms with E-state index in [4.69, 9.17) is 0 Å². The maximum atomic E-state index is 11.6. The number of anilines is 1. The van der Waals surface area contributed by atoms with Crippen molar-refractivity contribution in [1.82, 2.24) is 24.7 Å². The number of fused-ring (bicyclic) bond motifs is 1. The van der Waals surface area contributed by atoms with Crippen LogP contribution in [-0.2, 0) is 5.60 Å². The molecule has 7 nitrogen and oxygen atoms in total. The molecule has 3 heterocycles. The molecule has 0 unspecified atom stereocenters. The Kier molecular flexibility index (Phi) is 4.10. The summed E-state index contributed by atoms with van der Waals surface area (Å²) in [6.45, 7) is 1.47. The van der Waals surface area contributed by atoms with E-state index in [-0.39, 0.29) is 6.04 Å². The molecule has 0 bridgehead atoms. The van der Waals surface area contributed by atoms with Crippen molar-refractivity contribution in [3.8, 4) is 0 Å². The van der Waals surface area contributed by atoms with Crippen LogP contribution in [0.1, 0.15) is 36.4 Å². The van der Waals surface area contributed by atoms with Crippen molar-refractivity contribution in [2.24, 2.45) is 0 Å². The molecule has 1 aromatic carbocycles. The maximum Gasteiger partial charge on any atom is 0.200 e. The topological polar surface area (TPSA) is 69.8 Å². The van der Waals surface area contributed by atoms with Crippen LogP contribution >= 0.6 is 0 Å². The summed E-state index contributed by atoms with van der Waals surface area (Å²) in [5.74, 6) is 0.557. The molecule has 5 rings (SSSR count). The van der Waals surface area contributed by atoms with Gasteiger partial charge >= 0.3 is 0 Å². The van der Waals surface area contributed by atoms with E-state index in [1.54, 1.807) is 10.8 Å². The highest BCUT2D eigenvalue weighted by Crippen LogP contribution is 2.42. The third-order valence-electron chi connectivity index (χ3n) is 6.21. The van der Waals surface area contributed by atoms with Gasteiger partial charge in [-0.2, -0.15) is 9.61 Å². The highest BCUT2D eigenvalue weighted by Gasteiger charge is 2.44. The minimum atomic E-state index is -0.877. The summed E-state index contributed by atoms with van der Waals surface area (Å²) in [7, 11) is 4.08. The van der Waals surface area contributed by atoms with E-state index in [9.17, 15) is 5.11 Å². The summed E-state index contributed by atoms with van der Waals surface area (Å²) >= 11 is 0. The Bertz CT molecular complexity index is 983. The van der Waals surface area contributed by atoms with Crippen LogP contribution in [0.2, 0.25) is 0 Å². The van der Waals surface area contributed by atoms with Gasteiger partial charge in [-0.15, -0.1) is 10.2 Å². The van der Waals surface area contributed by atoms with Gasteiger partial charge in [-0.25, -0.2) is 0 Å². The van der Waals surface area contributed by atoms with E-state index in [1.165, 1.54) is 12.8 Å². The molecular formula is C21H26N6O. The zero-order valence-corrected chi connectivity index (χ0v) is 16.4. The van der Waals surface area contributed by atoms with Gasteiger partial charge in [-0.1, -0.05) is 30.3 Å². The Morgan fingerprint density at radius 3 is 2.68 bits per heavy atom. The first-order chi connectivity index (χ1) is 13.6. The van der Waals surface area contributed by atoms with Gasteiger partial charge in [0.05, 0.1) is 17.4 Å². The average molecular weight is 378 g/mol. The maximum absolute atomic E-state index is 11.6. The van der Waals surface area contributed by atoms with Crippen molar-refractivity contribution in [2.75, 3.05) is 32.1 Å². The van der Waals surface area contributed by atoms with Crippen LogP contribution < -0.4 is 4.90 Å². The summed E-state index contributed by atoms with van der Waals surface area (Å²) in [4.78, 5) is 4.46. The Morgan fingerprint density at radius 1 is 1.18 bits per heavy atom. The molecule has 0 spiro atoms. The standard InChI is InChI=1S/C21H26N6O/c1-25(2)19-13-26(11-10-21(19,28)16-6-4-3-5-7-16)18-12-17(15-8-9-15)24-27-14-22-23-20(18)27/h3-7,12,14-15,19,28H,8-11,13H2,1-2H3/t19-,21+/m1/s1. The van der Waals surface area contributed by atoms with Crippen molar-refractivity contribution in [2.45, 2.75) is 36.8 Å². The molecule has 0 amide bonds. The molecule has 1 aliphatic heterocycles. The highest BCUT2D eigenvalue weighted by molar-refractivity contribution is 5.69. The SMILES string of the molecule is CN(C)[C@@H]1CN(c2cc(C3CC3)nn3cnnc23)CC[C@]1(O)c1ccccc1. The Morgan fingerprint density at radius 2 is 1.96 bits per heavy atom. The minimum Gasteiger partial charge on any atom is -0.383 e. The third kappa shape index (κ3) is 2.86. The van der Waals surface area contributed by atoms with E-state index >= 15 is 0 Å². The molecule has 7 heteroatoms. The number of hydrogen-bond acceptors (Lipinski definition) is 6. The summed E-state index contributed by atoms with van der Waals surface area (Å²) in [6, 6.07) is 12.2. The summed E-state index contributed by atoms with van der Waals surface area (Å²) < 4.78 is 1.80. The lowest BCUT2D eigenvalue weighted by molar-refractivity contribution is -0.0526. The van der Waals surface area contributed by atoms with Crippen molar-refractivity contribution in [3.63, 3.8) is 0 Å². The van der Waals surface area contributed by atoms with Crippen LogP contribution in [0.25, 0.3) is 5.65 Å². The van der Waals surface area contributed by atoms with Crippen molar-refractivity contribution >= 4 is 11.3 Å².